The molecule has 4 fully saturated rings. The van der Waals surface area contributed by atoms with Crippen LogP contribution in [0.3, 0.4) is 0 Å². The molecule has 0 heterocycles. The normalized spacial score (nSPS) is 34.8. The van der Waals surface area contributed by atoms with Gasteiger partial charge in [0, 0.05) is 15.9 Å². The molecule has 0 spiro atoms. The van der Waals surface area contributed by atoms with Gasteiger partial charge >= 0.3 is 5.97 Å². The Labute approximate surface area is 194 Å². The van der Waals surface area contributed by atoms with Crippen LogP contribution in [-0.2, 0) is 14.9 Å². The van der Waals surface area contributed by atoms with Crippen molar-refractivity contribution in [1.82, 2.24) is 0 Å². The van der Waals surface area contributed by atoms with Crippen LogP contribution >= 0.6 is 11.8 Å². The van der Waals surface area contributed by atoms with Crippen molar-refractivity contribution in [3.05, 3.63) is 53.1 Å². The smallest absolute Gasteiger partial charge is 0.337 e. The molecule has 5 aliphatic rings. The molecule has 0 radical (unpaired) electrons. The van der Waals surface area contributed by atoms with Crippen molar-refractivity contribution < 1.29 is 19.1 Å². The summed E-state index contributed by atoms with van der Waals surface area (Å²) in [7, 11) is 3.13. The van der Waals surface area contributed by atoms with Crippen LogP contribution < -0.4 is 4.74 Å². The van der Waals surface area contributed by atoms with Gasteiger partial charge in [-0.25, -0.2) is 4.79 Å². The highest BCUT2D eigenvalue weighted by Gasteiger charge is 2.52. The second-order valence-electron chi connectivity index (χ2n) is 10.5. The Hall–Kier alpha value is -2.01. The topological polar surface area (TPSA) is 52.6 Å². The molecule has 0 amide bonds. The number of carbonyl (C=O) groups is 2. The molecule has 0 saturated heterocycles. The fraction of sp³-hybridized carbons (Fsp3) is 0.556. The molecule has 1 unspecified atom stereocenters. The van der Waals surface area contributed by atoms with Crippen molar-refractivity contribution in [2.45, 2.75) is 62.0 Å². The van der Waals surface area contributed by atoms with Gasteiger partial charge in [0.15, 0.2) is 0 Å². The summed E-state index contributed by atoms with van der Waals surface area (Å²) in [6, 6.07) is 6.03. The molecular formula is C27H32O4S. The van der Waals surface area contributed by atoms with Crippen LogP contribution in [0.15, 0.2) is 42.0 Å². The summed E-state index contributed by atoms with van der Waals surface area (Å²) < 4.78 is 10.2. The quantitative estimate of drug-likeness (QED) is 0.524. The van der Waals surface area contributed by atoms with Crippen LogP contribution in [0.4, 0.5) is 0 Å². The highest BCUT2D eigenvalue weighted by molar-refractivity contribution is 8.15. The molecule has 4 nitrogen and oxygen atoms in total. The van der Waals surface area contributed by atoms with E-state index in [1.165, 1.54) is 63.0 Å². The Bertz CT molecular complexity index is 972. The molecule has 0 N–H and O–H groups in total. The van der Waals surface area contributed by atoms with E-state index in [-0.39, 0.29) is 21.2 Å². The third kappa shape index (κ3) is 3.83. The van der Waals surface area contributed by atoms with Gasteiger partial charge in [-0.15, -0.1) is 0 Å². The maximum Gasteiger partial charge on any atom is 0.337 e. The Morgan fingerprint density at radius 2 is 1.69 bits per heavy atom. The Morgan fingerprint density at radius 1 is 1.03 bits per heavy atom. The van der Waals surface area contributed by atoms with Gasteiger partial charge < -0.3 is 9.47 Å². The largest absolute Gasteiger partial charge is 0.496 e. The number of hydrogen-bond donors (Lipinski definition) is 0. The SMILES string of the molecule is COC(=O)C1=CCC(C)(SC(=O)c2ccc(OC)c(C34CC5CC(CC(C5)C3)C4)c2)C=C1. The lowest BCUT2D eigenvalue weighted by Crippen LogP contribution is -2.48. The van der Waals surface area contributed by atoms with E-state index in [2.05, 4.69) is 6.07 Å². The van der Waals surface area contributed by atoms with Crippen LogP contribution in [0, 0.1) is 17.8 Å². The zero-order chi connectivity index (χ0) is 22.5. The predicted octanol–water partition coefficient (Wildman–Crippen LogP) is 5.85. The summed E-state index contributed by atoms with van der Waals surface area (Å²) >= 11 is 1.33. The third-order valence-corrected chi connectivity index (χ3v) is 9.32. The summed E-state index contributed by atoms with van der Waals surface area (Å²) in [4.78, 5) is 25.1. The maximum atomic E-state index is 13.3. The molecule has 6 rings (SSSR count). The van der Waals surface area contributed by atoms with E-state index in [1.807, 2.05) is 31.2 Å². The number of benzene rings is 1. The number of carbonyl (C=O) groups excluding carboxylic acids is 2. The molecule has 4 bridgehead atoms. The highest BCUT2D eigenvalue weighted by atomic mass is 32.2. The molecule has 170 valence electrons. The summed E-state index contributed by atoms with van der Waals surface area (Å²) in [6.07, 6.45) is 14.1. The Morgan fingerprint density at radius 3 is 2.22 bits per heavy atom. The van der Waals surface area contributed by atoms with E-state index in [9.17, 15) is 9.59 Å². The van der Waals surface area contributed by atoms with Gasteiger partial charge in [-0.1, -0.05) is 30.0 Å². The molecule has 32 heavy (non-hydrogen) atoms. The Kier molecular flexibility index (Phi) is 5.51. The van der Waals surface area contributed by atoms with Gasteiger partial charge in [0.1, 0.15) is 5.75 Å². The average molecular weight is 453 g/mol. The molecule has 0 aromatic heterocycles. The van der Waals surface area contributed by atoms with Crippen molar-refractivity contribution in [3.8, 4) is 5.75 Å². The first-order chi connectivity index (χ1) is 15.3. The number of thioether (sulfide) groups is 1. The lowest BCUT2D eigenvalue weighted by Gasteiger charge is -2.57. The number of hydrogen-bond acceptors (Lipinski definition) is 5. The molecule has 5 aliphatic carbocycles. The number of allylic oxidation sites excluding steroid dienone is 1. The zero-order valence-electron chi connectivity index (χ0n) is 19.2. The van der Waals surface area contributed by atoms with Gasteiger partial charge in [0.05, 0.1) is 19.8 Å². The van der Waals surface area contributed by atoms with E-state index in [1.54, 1.807) is 13.2 Å². The fourth-order valence-electron chi connectivity index (χ4n) is 7.02. The molecule has 0 aliphatic heterocycles. The molecule has 1 aromatic carbocycles. The first-order valence-corrected chi connectivity index (χ1v) is 12.5. The van der Waals surface area contributed by atoms with E-state index in [4.69, 9.17) is 9.47 Å². The van der Waals surface area contributed by atoms with Crippen LogP contribution in [0.2, 0.25) is 0 Å². The summed E-state index contributed by atoms with van der Waals surface area (Å²) in [6.45, 7) is 2.04. The Balaban J connectivity index is 1.39. The van der Waals surface area contributed by atoms with Gasteiger partial charge in [0.25, 0.3) is 0 Å². The minimum Gasteiger partial charge on any atom is -0.496 e. The second-order valence-corrected chi connectivity index (χ2v) is 12.0. The lowest BCUT2D eigenvalue weighted by atomic mass is 9.48. The van der Waals surface area contributed by atoms with Gasteiger partial charge in [-0.05, 0) is 93.2 Å². The predicted molar refractivity (Wildman–Crippen MR) is 127 cm³/mol. The molecule has 5 heteroatoms. The van der Waals surface area contributed by atoms with Crippen LogP contribution in [0.25, 0.3) is 0 Å². The van der Waals surface area contributed by atoms with Crippen LogP contribution in [-0.4, -0.2) is 30.1 Å². The van der Waals surface area contributed by atoms with Crippen molar-refractivity contribution in [1.29, 1.82) is 0 Å². The van der Waals surface area contributed by atoms with Crippen molar-refractivity contribution >= 4 is 22.8 Å². The van der Waals surface area contributed by atoms with E-state index < -0.39 is 0 Å². The first kappa shape index (κ1) is 21.8. The summed E-state index contributed by atoms with van der Waals surface area (Å²) in [5.41, 5.74) is 2.72. The number of methoxy groups -OCH3 is 2. The number of esters is 1. The van der Waals surface area contributed by atoms with Crippen molar-refractivity contribution in [2.24, 2.45) is 17.8 Å². The van der Waals surface area contributed by atoms with E-state index in [0.29, 0.717) is 12.0 Å². The van der Waals surface area contributed by atoms with E-state index in [0.717, 1.165) is 29.1 Å². The second kappa shape index (κ2) is 8.09. The summed E-state index contributed by atoms with van der Waals surface area (Å²) in [5, 5.41) is 0.0701. The van der Waals surface area contributed by atoms with Crippen LogP contribution in [0.5, 0.6) is 5.75 Å². The number of ether oxygens (including phenoxy) is 2. The van der Waals surface area contributed by atoms with Crippen molar-refractivity contribution in [3.63, 3.8) is 0 Å². The minimum atomic E-state index is -0.380. The molecule has 1 aromatic rings. The molecule has 1 atom stereocenters. The molecular weight excluding hydrogens is 420 g/mol. The van der Waals surface area contributed by atoms with Gasteiger partial charge in [-0.3, -0.25) is 4.79 Å². The lowest BCUT2D eigenvalue weighted by molar-refractivity contribution is -0.135. The maximum absolute atomic E-state index is 13.3. The van der Waals surface area contributed by atoms with Gasteiger partial charge in [-0.2, -0.15) is 0 Å². The standard InChI is InChI=1S/C27H32O4S/c1-26(8-6-20(7-9-26)24(28)31-3)32-25(29)21-4-5-23(30-2)22(13-21)27-14-17-10-18(15-27)12-19(11-17)16-27/h4-8,13,17-19H,9-12,14-16H2,1-3H3. The van der Waals surface area contributed by atoms with Gasteiger partial charge in [0.2, 0.25) is 5.12 Å². The first-order valence-electron chi connectivity index (χ1n) is 11.7. The zero-order valence-corrected chi connectivity index (χ0v) is 20.0. The summed E-state index contributed by atoms with van der Waals surface area (Å²) in [5.74, 6) is 3.10. The minimum absolute atomic E-state index is 0.0701. The van der Waals surface area contributed by atoms with Crippen molar-refractivity contribution in [2.75, 3.05) is 14.2 Å². The number of rotatable bonds is 5. The van der Waals surface area contributed by atoms with E-state index >= 15 is 0 Å². The third-order valence-electron chi connectivity index (χ3n) is 8.13. The monoisotopic (exact) mass is 452 g/mol. The highest BCUT2D eigenvalue weighted by Crippen LogP contribution is 2.62. The van der Waals surface area contributed by atoms with Crippen LogP contribution in [0.1, 0.15) is 67.8 Å². The molecule has 4 saturated carbocycles. The average Bonchev–Trinajstić information content (AvgIpc) is 2.77. The fourth-order valence-corrected chi connectivity index (χ4v) is 7.99.